The van der Waals surface area contributed by atoms with E-state index >= 15 is 0 Å². The van der Waals surface area contributed by atoms with Crippen molar-refractivity contribution in [1.29, 1.82) is 0 Å². The maximum absolute atomic E-state index is 11.9. The van der Waals surface area contributed by atoms with Gasteiger partial charge in [0, 0.05) is 48.3 Å². The lowest BCUT2D eigenvalue weighted by Crippen LogP contribution is -2.07. The molecule has 2 N–H and O–H groups in total. The van der Waals surface area contributed by atoms with Crippen LogP contribution in [0, 0.1) is 13.8 Å². The highest BCUT2D eigenvalue weighted by atomic mass is 32.2. The van der Waals surface area contributed by atoms with E-state index in [9.17, 15) is 25.9 Å². The Morgan fingerprint density at radius 1 is 0.600 bits per heavy atom. The molecule has 284 valence electrons. The van der Waals surface area contributed by atoms with E-state index < -0.39 is 20.2 Å². The first-order valence-electron chi connectivity index (χ1n) is 18.0. The van der Waals surface area contributed by atoms with E-state index in [4.69, 9.17) is 19.7 Å². The number of aryl methyl sites for hydroxylation is 2. The number of aromatic nitrogens is 4. The highest BCUT2D eigenvalue weighted by Gasteiger charge is 2.30. The van der Waals surface area contributed by atoms with E-state index in [0.717, 1.165) is 78.4 Å². The third-order valence-corrected chi connectivity index (χ3v) is 11.9. The molecule has 0 saturated heterocycles. The molecule has 2 aliphatic rings. The fourth-order valence-electron chi connectivity index (χ4n) is 7.46. The first-order chi connectivity index (χ1) is 26.3. The average molecular weight is 781 g/mol. The van der Waals surface area contributed by atoms with Crippen LogP contribution in [0.25, 0.3) is 22.5 Å². The summed E-state index contributed by atoms with van der Waals surface area (Å²) < 4.78 is 82.9. The second-order valence-electron chi connectivity index (χ2n) is 14.2. The summed E-state index contributed by atoms with van der Waals surface area (Å²) >= 11 is 0. The van der Waals surface area contributed by atoms with E-state index in [1.165, 1.54) is 24.3 Å². The Hall–Kier alpha value is -4.96. The maximum atomic E-state index is 11.9. The summed E-state index contributed by atoms with van der Waals surface area (Å²) in [6.45, 7) is 6.52. The van der Waals surface area contributed by atoms with Crippen LogP contribution < -0.4 is 0 Å². The minimum Gasteiger partial charge on any atom is -0.375 e. The van der Waals surface area contributed by atoms with Crippen molar-refractivity contribution < 1.29 is 35.4 Å². The fourth-order valence-corrected chi connectivity index (χ4v) is 8.53. The highest BCUT2D eigenvalue weighted by molar-refractivity contribution is 7.86. The normalized spacial score (nSPS) is 13.2. The Balaban J connectivity index is 0.928. The lowest BCUT2D eigenvalue weighted by molar-refractivity contribution is 0.0667. The van der Waals surface area contributed by atoms with Crippen LogP contribution in [0.15, 0.2) is 94.7 Å². The number of ether oxygens (including phenoxy) is 2. The van der Waals surface area contributed by atoms with Crippen LogP contribution in [-0.2, 0) is 68.9 Å². The molecule has 0 bridgehead atoms. The van der Waals surface area contributed by atoms with Gasteiger partial charge in [0.2, 0.25) is 0 Å². The van der Waals surface area contributed by atoms with E-state index in [0.29, 0.717) is 45.6 Å². The van der Waals surface area contributed by atoms with Gasteiger partial charge >= 0.3 is 0 Å². The predicted octanol–water partition coefficient (Wildman–Crippen LogP) is 6.55. The van der Waals surface area contributed by atoms with Crippen LogP contribution in [0.4, 0.5) is 0 Å². The van der Waals surface area contributed by atoms with Crippen molar-refractivity contribution in [3.8, 4) is 22.5 Å². The maximum Gasteiger partial charge on any atom is 0.294 e. The van der Waals surface area contributed by atoms with Crippen molar-refractivity contribution in [1.82, 2.24) is 19.6 Å². The summed E-state index contributed by atoms with van der Waals surface area (Å²) in [4.78, 5) is -0.267. The molecule has 0 fully saturated rings. The topological polar surface area (TPSA) is 163 Å². The van der Waals surface area contributed by atoms with Gasteiger partial charge in [0.05, 0.1) is 58.9 Å². The standard InChI is InChI=1S/C41H40N4O8S2/c1-26-4-8-28(9-5-26)22-44-40-34-14-12-32(54(46,47)48)18-30(34)20-36(40)38(42-44)24-52-16-3-17-53-25-39-37-21-31-19-33(55(49,50)51)13-15-35(31)41(37)45(43-39)23-29-10-6-27(2)7-11-29/h4-15,18-19H,3,16-17,20-25H2,1-2H3,(H,46,47,48)(H,49,50,51). The molecule has 12 nitrogen and oxygen atoms in total. The molecule has 0 unspecified atom stereocenters. The van der Waals surface area contributed by atoms with Gasteiger partial charge in [0.25, 0.3) is 20.2 Å². The zero-order chi connectivity index (χ0) is 38.5. The summed E-state index contributed by atoms with van der Waals surface area (Å²) in [6, 6.07) is 25.9. The van der Waals surface area contributed by atoms with Gasteiger partial charge in [0.1, 0.15) is 0 Å². The molecular weight excluding hydrogens is 741 g/mol. The lowest BCUT2D eigenvalue weighted by atomic mass is 10.1. The van der Waals surface area contributed by atoms with Gasteiger partial charge in [-0.3, -0.25) is 18.5 Å². The second kappa shape index (κ2) is 14.6. The molecule has 2 aromatic heterocycles. The van der Waals surface area contributed by atoms with Crippen LogP contribution in [0.1, 0.15) is 62.3 Å². The largest absolute Gasteiger partial charge is 0.375 e. The Morgan fingerprint density at radius 3 is 1.38 bits per heavy atom. The minimum absolute atomic E-state index is 0.133. The molecule has 55 heavy (non-hydrogen) atoms. The van der Waals surface area contributed by atoms with Gasteiger partial charge in [-0.05, 0) is 66.8 Å². The van der Waals surface area contributed by atoms with Gasteiger partial charge in [0.15, 0.2) is 0 Å². The predicted molar refractivity (Wildman–Crippen MR) is 205 cm³/mol. The Bertz CT molecular complexity index is 2460. The second-order valence-corrected chi connectivity index (χ2v) is 17.1. The van der Waals surface area contributed by atoms with E-state index in [2.05, 4.69) is 48.5 Å². The first-order valence-corrected chi connectivity index (χ1v) is 20.8. The number of hydrogen-bond donors (Lipinski definition) is 2. The summed E-state index contributed by atoms with van der Waals surface area (Å²) in [7, 11) is -8.68. The molecule has 0 amide bonds. The van der Waals surface area contributed by atoms with Crippen LogP contribution in [0.5, 0.6) is 0 Å². The van der Waals surface area contributed by atoms with Gasteiger partial charge in [-0.2, -0.15) is 27.0 Å². The molecule has 0 atom stereocenters. The number of benzene rings is 4. The van der Waals surface area contributed by atoms with E-state index in [-0.39, 0.29) is 23.0 Å². The smallest absolute Gasteiger partial charge is 0.294 e. The Kier molecular flexibility index (Phi) is 9.82. The van der Waals surface area contributed by atoms with Gasteiger partial charge in [-0.25, -0.2) is 0 Å². The first kappa shape index (κ1) is 37.0. The van der Waals surface area contributed by atoms with Crippen LogP contribution in [-0.4, -0.2) is 58.7 Å². The Labute approximate surface area is 319 Å². The van der Waals surface area contributed by atoms with Gasteiger partial charge < -0.3 is 9.47 Å². The summed E-state index contributed by atoms with van der Waals surface area (Å²) in [5.41, 5.74) is 13.2. The molecule has 14 heteroatoms. The lowest BCUT2D eigenvalue weighted by Gasteiger charge is -2.09. The summed E-state index contributed by atoms with van der Waals surface area (Å²) in [5.74, 6) is 0. The number of rotatable bonds is 14. The fraction of sp³-hybridized carbons (Fsp3) is 0.268. The van der Waals surface area contributed by atoms with Crippen molar-refractivity contribution in [2.24, 2.45) is 0 Å². The van der Waals surface area contributed by atoms with Crippen molar-refractivity contribution >= 4 is 20.2 Å². The minimum atomic E-state index is -4.34. The number of fused-ring (bicyclic) bond motifs is 6. The zero-order valence-corrected chi connectivity index (χ0v) is 32.0. The SMILES string of the molecule is Cc1ccc(Cn2nc(COCCCOCc3nn(Cc4ccc(C)cc4)c4c3Cc3cc(S(=O)(=O)O)ccc3-4)c3c2-c2ccc(S(=O)(=O)O)cc2C3)cc1. The molecule has 8 rings (SSSR count). The number of nitrogens with zero attached hydrogens (tertiary/aromatic N) is 4. The molecule has 0 radical (unpaired) electrons. The monoisotopic (exact) mass is 780 g/mol. The van der Waals surface area contributed by atoms with Crippen molar-refractivity contribution in [3.05, 3.63) is 141 Å². The summed E-state index contributed by atoms with van der Waals surface area (Å²) in [6.07, 6.45) is 1.58. The molecule has 0 spiro atoms. The molecule has 0 saturated carbocycles. The Morgan fingerprint density at radius 2 is 1.00 bits per heavy atom. The van der Waals surface area contributed by atoms with E-state index in [1.807, 2.05) is 23.2 Å². The summed E-state index contributed by atoms with van der Waals surface area (Å²) in [5, 5.41) is 9.87. The van der Waals surface area contributed by atoms with Crippen LogP contribution >= 0.6 is 0 Å². The van der Waals surface area contributed by atoms with Crippen molar-refractivity contribution in [2.75, 3.05) is 13.2 Å². The van der Waals surface area contributed by atoms with Crippen LogP contribution in [0.2, 0.25) is 0 Å². The molecule has 4 aromatic carbocycles. The molecular formula is C41H40N4O8S2. The molecule has 2 heterocycles. The van der Waals surface area contributed by atoms with Crippen LogP contribution in [0.3, 0.4) is 0 Å². The molecule has 6 aromatic rings. The average Bonchev–Trinajstić information content (AvgIpc) is 3.88. The molecule has 2 aliphatic carbocycles. The highest BCUT2D eigenvalue weighted by Crippen LogP contribution is 2.41. The third kappa shape index (κ3) is 7.66. The van der Waals surface area contributed by atoms with Gasteiger partial charge in [-0.1, -0.05) is 71.8 Å². The van der Waals surface area contributed by atoms with Gasteiger partial charge in [-0.15, -0.1) is 0 Å². The zero-order valence-electron chi connectivity index (χ0n) is 30.4. The van der Waals surface area contributed by atoms with Crippen molar-refractivity contribution in [2.45, 2.75) is 69.2 Å². The number of hydrogen-bond acceptors (Lipinski definition) is 8. The molecule has 0 aliphatic heterocycles. The quantitative estimate of drug-likeness (QED) is 0.0914. The van der Waals surface area contributed by atoms with Crippen molar-refractivity contribution in [3.63, 3.8) is 0 Å². The van der Waals surface area contributed by atoms with E-state index in [1.54, 1.807) is 12.1 Å². The third-order valence-electron chi connectivity index (χ3n) is 10.2.